The number of halogens is 1. The fourth-order valence-electron chi connectivity index (χ4n) is 2.63. The van der Waals surface area contributed by atoms with Crippen molar-refractivity contribution in [2.75, 3.05) is 0 Å². The van der Waals surface area contributed by atoms with Crippen molar-refractivity contribution in [1.82, 2.24) is 0 Å². The number of hydrogen-bond donors (Lipinski definition) is 0. The average Bonchev–Trinajstić information content (AvgIpc) is 2.46. The number of rotatable bonds is 4. The first-order chi connectivity index (χ1) is 11.0. The van der Waals surface area contributed by atoms with Crippen molar-refractivity contribution >= 4 is 14.0 Å². The van der Waals surface area contributed by atoms with E-state index in [1.54, 1.807) is 6.07 Å². The topological polar surface area (TPSA) is 52.4 Å². The van der Waals surface area contributed by atoms with E-state index in [0.717, 1.165) is 24.7 Å². The molecular formula is C18H26FNO3Si. The number of non-ortho nitro benzene ring substituents is 1. The van der Waals surface area contributed by atoms with Crippen LogP contribution in [0.15, 0.2) is 30.0 Å². The van der Waals surface area contributed by atoms with E-state index in [1.807, 2.05) is 0 Å². The molecule has 1 aliphatic rings. The van der Waals surface area contributed by atoms with Gasteiger partial charge in [-0.15, -0.1) is 0 Å². The van der Waals surface area contributed by atoms with Crippen LogP contribution in [0.2, 0.25) is 18.1 Å². The number of benzene rings is 1. The Bertz CT molecular complexity index is 665. The number of allylic oxidation sites excluding steroid dienone is 2. The zero-order valence-electron chi connectivity index (χ0n) is 15.1. The van der Waals surface area contributed by atoms with Gasteiger partial charge in [-0.1, -0.05) is 20.8 Å². The smallest absolute Gasteiger partial charge is 0.272 e. The molecule has 0 saturated carbocycles. The minimum atomic E-state index is -1.84. The van der Waals surface area contributed by atoms with Crippen LogP contribution in [0.25, 0.3) is 0 Å². The van der Waals surface area contributed by atoms with Crippen LogP contribution in [0.5, 0.6) is 0 Å². The Morgan fingerprint density at radius 2 is 2.00 bits per heavy atom. The van der Waals surface area contributed by atoms with Gasteiger partial charge < -0.3 is 4.43 Å². The zero-order valence-corrected chi connectivity index (χ0v) is 16.1. The molecule has 1 aliphatic carbocycles. The number of hydrogen-bond acceptors (Lipinski definition) is 3. The van der Waals surface area contributed by atoms with Crippen molar-refractivity contribution in [3.63, 3.8) is 0 Å². The van der Waals surface area contributed by atoms with Crippen LogP contribution in [0.3, 0.4) is 0 Å². The second-order valence-electron chi connectivity index (χ2n) is 7.97. The molecule has 6 heteroatoms. The Labute approximate surface area is 144 Å². The number of nitrogens with zero attached hydrogens (tertiary/aromatic N) is 1. The van der Waals surface area contributed by atoms with Gasteiger partial charge in [-0.3, -0.25) is 10.1 Å². The van der Waals surface area contributed by atoms with Crippen molar-refractivity contribution in [2.24, 2.45) is 0 Å². The maximum Gasteiger partial charge on any atom is 0.272 e. The van der Waals surface area contributed by atoms with E-state index >= 15 is 0 Å². The summed E-state index contributed by atoms with van der Waals surface area (Å²) in [4.78, 5) is 10.1. The van der Waals surface area contributed by atoms with Crippen molar-refractivity contribution < 1.29 is 13.7 Å². The van der Waals surface area contributed by atoms with Crippen LogP contribution in [0, 0.1) is 15.9 Å². The molecule has 0 aromatic heterocycles. The summed E-state index contributed by atoms with van der Waals surface area (Å²) in [5.74, 6) is 0.578. The molecule has 0 saturated heterocycles. The van der Waals surface area contributed by atoms with Crippen LogP contribution in [0.1, 0.15) is 51.5 Å². The highest BCUT2D eigenvalue weighted by molar-refractivity contribution is 6.74. The number of nitro benzene ring substituents is 1. The van der Waals surface area contributed by atoms with Crippen LogP contribution >= 0.6 is 0 Å². The Balaban J connectivity index is 2.09. The molecule has 4 nitrogen and oxygen atoms in total. The molecule has 0 N–H and O–H groups in total. The summed E-state index contributed by atoms with van der Waals surface area (Å²) < 4.78 is 20.5. The maximum atomic E-state index is 14.2. The Hall–Kier alpha value is -1.69. The van der Waals surface area contributed by atoms with E-state index in [0.29, 0.717) is 12.0 Å². The standard InChI is InChI=1S/C18H26FNO3Si/c1-18(2,3)24(4,5)23-15-9-6-13(7-10-15)16-11-8-14(20(21)22)12-17(16)19/h8-9,11-13H,6-7,10H2,1-5H3. The van der Waals surface area contributed by atoms with E-state index in [9.17, 15) is 14.5 Å². The minimum absolute atomic E-state index is 0.0533. The lowest BCUT2D eigenvalue weighted by Crippen LogP contribution is -2.40. The second kappa shape index (κ2) is 6.67. The fraction of sp³-hybridized carbons (Fsp3) is 0.556. The van der Waals surface area contributed by atoms with E-state index < -0.39 is 19.1 Å². The van der Waals surface area contributed by atoms with Crippen LogP contribution < -0.4 is 0 Å². The molecular weight excluding hydrogens is 325 g/mol. The van der Waals surface area contributed by atoms with Gasteiger partial charge in [0.1, 0.15) is 5.82 Å². The summed E-state index contributed by atoms with van der Waals surface area (Å²) in [5, 5.41) is 10.9. The van der Waals surface area contributed by atoms with E-state index in [1.165, 1.54) is 6.07 Å². The lowest BCUT2D eigenvalue weighted by molar-refractivity contribution is -0.385. The summed E-state index contributed by atoms with van der Waals surface area (Å²) in [6.07, 6.45) is 4.36. The quantitative estimate of drug-likeness (QED) is 0.385. The molecule has 0 heterocycles. The Morgan fingerprint density at radius 3 is 2.46 bits per heavy atom. The van der Waals surface area contributed by atoms with Gasteiger partial charge >= 0.3 is 0 Å². The first kappa shape index (κ1) is 18.6. The summed E-state index contributed by atoms with van der Waals surface area (Å²) in [6.45, 7) is 11.1. The van der Waals surface area contributed by atoms with Gasteiger partial charge in [0, 0.05) is 12.5 Å². The Kier molecular flexibility index (Phi) is 5.18. The Morgan fingerprint density at radius 1 is 1.33 bits per heavy atom. The van der Waals surface area contributed by atoms with Crippen LogP contribution in [-0.2, 0) is 4.43 Å². The average molecular weight is 351 g/mol. The normalized spacial score (nSPS) is 18.9. The van der Waals surface area contributed by atoms with E-state index in [2.05, 4.69) is 39.9 Å². The molecule has 1 atom stereocenters. The fourth-order valence-corrected chi connectivity index (χ4v) is 3.77. The van der Waals surface area contributed by atoms with Crippen LogP contribution in [-0.4, -0.2) is 13.2 Å². The summed E-state index contributed by atoms with van der Waals surface area (Å²) >= 11 is 0. The van der Waals surface area contributed by atoms with Crippen LogP contribution in [0.4, 0.5) is 10.1 Å². The molecule has 0 aliphatic heterocycles. The molecule has 0 radical (unpaired) electrons. The van der Waals surface area contributed by atoms with E-state index in [4.69, 9.17) is 4.43 Å². The van der Waals surface area contributed by atoms with Gasteiger partial charge in [-0.25, -0.2) is 4.39 Å². The molecule has 0 bridgehead atoms. The third-order valence-corrected chi connectivity index (χ3v) is 9.58. The van der Waals surface area contributed by atoms with Crippen molar-refractivity contribution in [3.05, 3.63) is 51.5 Å². The molecule has 0 amide bonds. The first-order valence-corrected chi connectivity index (χ1v) is 11.2. The van der Waals surface area contributed by atoms with Gasteiger partial charge in [0.25, 0.3) is 5.69 Å². The van der Waals surface area contributed by atoms with Gasteiger partial charge in [0.15, 0.2) is 0 Å². The highest BCUT2D eigenvalue weighted by Gasteiger charge is 2.39. The zero-order chi connectivity index (χ0) is 18.1. The minimum Gasteiger partial charge on any atom is -0.547 e. The molecule has 1 aromatic rings. The van der Waals surface area contributed by atoms with Crippen molar-refractivity contribution in [3.8, 4) is 0 Å². The van der Waals surface area contributed by atoms with Gasteiger partial charge in [0.05, 0.1) is 16.7 Å². The SMILES string of the molecule is CC(C)(C)[Si](C)(C)OC1=CCC(c2ccc([N+](=O)[O-])cc2F)CC1. The van der Waals surface area contributed by atoms with Gasteiger partial charge in [0.2, 0.25) is 8.32 Å². The van der Waals surface area contributed by atoms with Gasteiger partial charge in [-0.2, -0.15) is 0 Å². The lowest BCUT2D eigenvalue weighted by Gasteiger charge is -2.38. The first-order valence-electron chi connectivity index (χ1n) is 8.33. The maximum absolute atomic E-state index is 14.2. The highest BCUT2D eigenvalue weighted by Crippen LogP contribution is 2.41. The summed E-state index contributed by atoms with van der Waals surface area (Å²) in [6, 6.07) is 3.94. The lowest BCUT2D eigenvalue weighted by atomic mass is 9.87. The monoisotopic (exact) mass is 351 g/mol. The van der Waals surface area contributed by atoms with Crippen molar-refractivity contribution in [1.29, 1.82) is 0 Å². The summed E-state index contributed by atoms with van der Waals surface area (Å²) in [5.41, 5.74) is 0.354. The summed E-state index contributed by atoms with van der Waals surface area (Å²) in [7, 11) is -1.84. The van der Waals surface area contributed by atoms with Crippen molar-refractivity contribution in [2.45, 2.75) is 64.1 Å². The highest BCUT2D eigenvalue weighted by atomic mass is 28.4. The predicted molar refractivity (Wildman–Crippen MR) is 96.0 cm³/mol. The molecule has 0 fully saturated rings. The molecule has 24 heavy (non-hydrogen) atoms. The molecule has 1 unspecified atom stereocenters. The molecule has 132 valence electrons. The van der Waals surface area contributed by atoms with E-state index in [-0.39, 0.29) is 16.6 Å². The second-order valence-corrected chi connectivity index (χ2v) is 12.7. The molecule has 1 aromatic carbocycles. The predicted octanol–water partition coefficient (Wildman–Crippen LogP) is 5.91. The molecule has 2 rings (SSSR count). The van der Waals surface area contributed by atoms with Gasteiger partial charge in [-0.05, 0) is 54.6 Å². The largest absolute Gasteiger partial charge is 0.547 e. The third kappa shape index (κ3) is 4.04. The number of nitro groups is 1. The third-order valence-electron chi connectivity index (χ3n) is 5.20. The molecule has 0 spiro atoms.